The van der Waals surface area contributed by atoms with E-state index in [-0.39, 0.29) is 11.2 Å². The van der Waals surface area contributed by atoms with Crippen molar-refractivity contribution in [3.05, 3.63) is 35.0 Å². The van der Waals surface area contributed by atoms with Gasteiger partial charge in [-0.1, -0.05) is 30.7 Å². The van der Waals surface area contributed by atoms with E-state index in [1.54, 1.807) is 6.07 Å². The predicted octanol–water partition coefficient (Wildman–Crippen LogP) is 4.05. The number of carbonyl (C=O) groups excluding carboxylic acids is 1. The first kappa shape index (κ1) is 13.7. The first-order valence-corrected chi connectivity index (χ1v) is 7.48. The average molecular weight is 292 g/mol. The molecular weight excluding hydrogens is 274 g/mol. The molecule has 1 aromatic carbocycles. The van der Waals surface area contributed by atoms with Crippen LogP contribution in [-0.4, -0.2) is 18.9 Å². The predicted molar refractivity (Wildman–Crippen MR) is 80.4 cm³/mol. The van der Waals surface area contributed by atoms with Crippen LogP contribution in [0.3, 0.4) is 0 Å². The van der Waals surface area contributed by atoms with Crippen LogP contribution in [0, 0.1) is 5.41 Å². The fourth-order valence-electron chi connectivity index (χ4n) is 3.02. The highest BCUT2D eigenvalue weighted by Gasteiger charge is 2.39. The summed E-state index contributed by atoms with van der Waals surface area (Å²) in [5.74, 6) is 0.526. The lowest BCUT2D eigenvalue weighted by molar-refractivity contribution is 0.0701. The Labute approximate surface area is 123 Å². The number of nitrogens with one attached hydrogen (secondary N) is 1. The second-order valence-electron chi connectivity index (χ2n) is 5.51. The van der Waals surface area contributed by atoms with Crippen molar-refractivity contribution in [2.45, 2.75) is 26.2 Å². The summed E-state index contributed by atoms with van der Waals surface area (Å²) in [4.78, 5) is 12.9. The van der Waals surface area contributed by atoms with Gasteiger partial charge in [0.1, 0.15) is 0 Å². The molecule has 0 saturated carbocycles. The third-order valence-electron chi connectivity index (χ3n) is 4.35. The van der Waals surface area contributed by atoms with Crippen molar-refractivity contribution in [3.63, 3.8) is 0 Å². The summed E-state index contributed by atoms with van der Waals surface area (Å²) in [5.41, 5.74) is 0.269. The summed E-state index contributed by atoms with van der Waals surface area (Å²) < 4.78 is 5.73. The smallest absolute Gasteiger partial charge is 0.205 e. The molecule has 0 amide bonds. The molecule has 1 saturated heterocycles. The highest BCUT2D eigenvalue weighted by atomic mass is 35.5. The zero-order chi connectivity index (χ0) is 14.2. The topological polar surface area (TPSA) is 42.2 Å². The molecule has 1 unspecified atom stereocenters. The molecule has 0 spiro atoms. The van der Waals surface area contributed by atoms with Crippen LogP contribution in [0.2, 0.25) is 5.02 Å². The third-order valence-corrected chi connectivity index (χ3v) is 4.65. The van der Waals surface area contributed by atoms with Gasteiger partial charge in [0, 0.05) is 17.3 Å². The molecule has 4 heteroatoms. The lowest BCUT2D eigenvalue weighted by atomic mass is 9.74. The minimum absolute atomic E-state index is 0.0967. The number of fused-ring (bicyclic) bond motifs is 1. The molecule has 1 atom stereocenters. The molecule has 1 fully saturated rings. The van der Waals surface area contributed by atoms with Crippen molar-refractivity contribution in [2.75, 3.05) is 13.1 Å². The summed E-state index contributed by atoms with van der Waals surface area (Å²) in [6.07, 6.45) is 2.77. The largest absolute Gasteiger partial charge is 0.451 e. The molecule has 106 valence electrons. The fraction of sp³-hybridized carbons (Fsp3) is 0.438. The number of rotatable bonds is 3. The summed E-state index contributed by atoms with van der Waals surface area (Å²) in [7, 11) is 0. The number of hydrogen-bond donors (Lipinski definition) is 1. The van der Waals surface area contributed by atoms with Crippen LogP contribution in [0.25, 0.3) is 11.0 Å². The van der Waals surface area contributed by atoms with Crippen LogP contribution in [0.15, 0.2) is 28.7 Å². The third kappa shape index (κ3) is 2.15. The van der Waals surface area contributed by atoms with Gasteiger partial charge in [0.25, 0.3) is 0 Å². The van der Waals surface area contributed by atoms with Crippen molar-refractivity contribution in [3.8, 4) is 0 Å². The lowest BCUT2D eigenvalue weighted by Crippen LogP contribution is -2.45. The van der Waals surface area contributed by atoms with Gasteiger partial charge in [-0.05, 0) is 37.9 Å². The normalized spacial score (nSPS) is 23.1. The lowest BCUT2D eigenvalue weighted by Gasteiger charge is -2.34. The Kier molecular flexibility index (Phi) is 3.57. The van der Waals surface area contributed by atoms with Gasteiger partial charge in [0.05, 0.1) is 5.02 Å². The van der Waals surface area contributed by atoms with E-state index < -0.39 is 0 Å². The van der Waals surface area contributed by atoms with Gasteiger partial charge in [-0.15, -0.1) is 0 Å². The first-order valence-electron chi connectivity index (χ1n) is 7.10. The van der Waals surface area contributed by atoms with Crippen molar-refractivity contribution < 1.29 is 9.21 Å². The summed E-state index contributed by atoms with van der Waals surface area (Å²) >= 11 is 6.11. The monoisotopic (exact) mass is 291 g/mol. The SMILES string of the molecule is CCC1(C(=O)c2cc3cccc(Cl)c3o2)CCCNC1. The van der Waals surface area contributed by atoms with Gasteiger partial charge >= 0.3 is 0 Å². The van der Waals surface area contributed by atoms with E-state index in [9.17, 15) is 4.79 Å². The Bertz CT molecular complexity index is 641. The van der Waals surface area contributed by atoms with E-state index in [2.05, 4.69) is 12.2 Å². The highest BCUT2D eigenvalue weighted by Crippen LogP contribution is 2.36. The first-order chi connectivity index (χ1) is 9.66. The average Bonchev–Trinajstić information content (AvgIpc) is 2.92. The van der Waals surface area contributed by atoms with Crippen molar-refractivity contribution in [1.29, 1.82) is 0 Å². The molecule has 20 heavy (non-hydrogen) atoms. The van der Waals surface area contributed by atoms with Gasteiger partial charge in [0.2, 0.25) is 5.78 Å². The fourth-order valence-corrected chi connectivity index (χ4v) is 3.25. The number of piperidine rings is 1. The van der Waals surface area contributed by atoms with Gasteiger partial charge in [0.15, 0.2) is 11.3 Å². The molecule has 1 aliphatic rings. The van der Waals surface area contributed by atoms with E-state index >= 15 is 0 Å². The van der Waals surface area contributed by atoms with Gasteiger partial charge in [-0.25, -0.2) is 0 Å². The zero-order valence-electron chi connectivity index (χ0n) is 11.5. The molecule has 0 aliphatic carbocycles. The number of benzene rings is 1. The molecule has 2 heterocycles. The molecule has 1 N–H and O–H groups in total. The number of ketones is 1. The van der Waals surface area contributed by atoms with E-state index in [0.29, 0.717) is 16.4 Å². The van der Waals surface area contributed by atoms with Gasteiger partial charge in [-0.3, -0.25) is 4.79 Å². The maximum absolute atomic E-state index is 12.9. The standard InChI is InChI=1S/C16H18ClNO2/c1-2-16(7-4-8-18-10-16)15(19)13-9-11-5-3-6-12(17)14(11)20-13/h3,5-6,9,18H,2,4,7-8,10H2,1H3. The quantitative estimate of drug-likeness (QED) is 0.868. The Morgan fingerprint density at radius 3 is 3.00 bits per heavy atom. The van der Waals surface area contributed by atoms with Crippen molar-refractivity contribution in [1.82, 2.24) is 5.32 Å². The summed E-state index contributed by atoms with van der Waals surface area (Å²) in [6.45, 7) is 3.79. The van der Waals surface area contributed by atoms with Crippen LogP contribution in [0.5, 0.6) is 0 Å². The number of Topliss-reactive ketones (excluding diaryl/α,β-unsaturated/α-hetero) is 1. The number of furan rings is 1. The number of halogens is 1. The molecule has 1 aromatic heterocycles. The minimum atomic E-state index is -0.335. The molecule has 3 rings (SSSR count). The van der Waals surface area contributed by atoms with Crippen molar-refractivity contribution in [2.24, 2.45) is 5.41 Å². The second-order valence-corrected chi connectivity index (χ2v) is 5.92. The Hall–Kier alpha value is -1.32. The Balaban J connectivity index is 2.01. The second kappa shape index (κ2) is 5.23. The molecule has 3 nitrogen and oxygen atoms in total. The number of carbonyl (C=O) groups is 1. The zero-order valence-corrected chi connectivity index (χ0v) is 12.3. The van der Waals surface area contributed by atoms with Crippen LogP contribution in [0.1, 0.15) is 36.7 Å². The molecular formula is C16H18ClNO2. The highest BCUT2D eigenvalue weighted by molar-refractivity contribution is 6.34. The maximum atomic E-state index is 12.9. The maximum Gasteiger partial charge on any atom is 0.205 e. The number of para-hydroxylation sites is 1. The van der Waals surface area contributed by atoms with Crippen molar-refractivity contribution >= 4 is 28.4 Å². The van der Waals surface area contributed by atoms with E-state index in [1.807, 2.05) is 18.2 Å². The number of hydrogen-bond acceptors (Lipinski definition) is 3. The van der Waals surface area contributed by atoms with Crippen LogP contribution in [-0.2, 0) is 0 Å². The van der Waals surface area contributed by atoms with Crippen LogP contribution in [0.4, 0.5) is 0 Å². The van der Waals surface area contributed by atoms with E-state index in [0.717, 1.165) is 37.7 Å². The van der Waals surface area contributed by atoms with Crippen LogP contribution < -0.4 is 5.32 Å². The van der Waals surface area contributed by atoms with Gasteiger partial charge in [-0.2, -0.15) is 0 Å². The Morgan fingerprint density at radius 1 is 1.50 bits per heavy atom. The molecule has 1 aliphatic heterocycles. The van der Waals surface area contributed by atoms with E-state index in [1.165, 1.54) is 0 Å². The van der Waals surface area contributed by atoms with Gasteiger partial charge < -0.3 is 9.73 Å². The van der Waals surface area contributed by atoms with E-state index in [4.69, 9.17) is 16.0 Å². The summed E-state index contributed by atoms with van der Waals surface area (Å²) in [6, 6.07) is 7.38. The molecule has 2 aromatic rings. The molecule has 0 bridgehead atoms. The Morgan fingerprint density at radius 2 is 2.35 bits per heavy atom. The van der Waals surface area contributed by atoms with Crippen LogP contribution >= 0.6 is 11.6 Å². The summed E-state index contributed by atoms with van der Waals surface area (Å²) in [5, 5.41) is 4.77. The molecule has 0 radical (unpaired) electrons. The minimum Gasteiger partial charge on any atom is -0.451 e.